The highest BCUT2D eigenvalue weighted by molar-refractivity contribution is 5.79. The van der Waals surface area contributed by atoms with Gasteiger partial charge in [-0.1, -0.05) is 29.4 Å². The van der Waals surface area contributed by atoms with Crippen LogP contribution in [0.5, 0.6) is 5.75 Å². The number of carbonyl (C=O) groups excluding carboxylic acids is 1. The summed E-state index contributed by atoms with van der Waals surface area (Å²) in [4.78, 5) is 19.0. The fourth-order valence-corrected chi connectivity index (χ4v) is 3.55. The van der Waals surface area contributed by atoms with Crippen molar-refractivity contribution in [3.63, 3.8) is 0 Å². The number of likely N-dealkylation sites (tertiary alicyclic amines) is 1. The fraction of sp³-hybridized carbons (Fsp3) is 0.286. The zero-order chi connectivity index (χ0) is 19.5. The summed E-state index contributed by atoms with van der Waals surface area (Å²) >= 11 is 0. The number of aromatic nitrogens is 2. The van der Waals surface area contributed by atoms with Gasteiger partial charge in [0.2, 0.25) is 17.6 Å². The Labute approximate surface area is 161 Å². The van der Waals surface area contributed by atoms with Gasteiger partial charge in [-0.2, -0.15) is 4.98 Å². The average Bonchev–Trinajstić information content (AvgIpc) is 3.37. The smallest absolute Gasteiger partial charge is 0.249 e. The molecule has 3 aromatic rings. The van der Waals surface area contributed by atoms with Crippen LogP contribution < -0.4 is 4.74 Å². The van der Waals surface area contributed by atoms with Gasteiger partial charge in [-0.05, 0) is 42.7 Å². The van der Waals surface area contributed by atoms with Crippen LogP contribution in [0.2, 0.25) is 0 Å². The number of rotatable bonds is 5. The van der Waals surface area contributed by atoms with Crippen molar-refractivity contribution in [3.8, 4) is 17.1 Å². The first-order valence-corrected chi connectivity index (χ1v) is 9.16. The number of benzene rings is 2. The number of amides is 1. The fourth-order valence-electron chi connectivity index (χ4n) is 3.55. The number of methoxy groups -OCH3 is 1. The van der Waals surface area contributed by atoms with Crippen LogP contribution in [-0.2, 0) is 11.2 Å². The van der Waals surface area contributed by atoms with Crippen LogP contribution in [0.25, 0.3) is 11.4 Å². The van der Waals surface area contributed by atoms with Gasteiger partial charge in [0.1, 0.15) is 17.6 Å². The van der Waals surface area contributed by atoms with Gasteiger partial charge in [-0.3, -0.25) is 4.79 Å². The van der Waals surface area contributed by atoms with Crippen molar-refractivity contribution < 1.29 is 18.4 Å². The Bertz CT molecular complexity index is 988. The van der Waals surface area contributed by atoms with Gasteiger partial charge in [-0.15, -0.1) is 0 Å². The van der Waals surface area contributed by atoms with E-state index in [1.165, 1.54) is 12.1 Å². The molecule has 0 bridgehead atoms. The lowest BCUT2D eigenvalue weighted by Crippen LogP contribution is -2.32. The molecule has 1 aromatic heterocycles. The lowest BCUT2D eigenvalue weighted by atomic mass is 10.1. The Morgan fingerprint density at radius 1 is 1.29 bits per heavy atom. The van der Waals surface area contributed by atoms with E-state index < -0.39 is 0 Å². The molecule has 2 aromatic carbocycles. The monoisotopic (exact) mass is 381 g/mol. The molecule has 1 amide bonds. The molecule has 1 atom stereocenters. The first kappa shape index (κ1) is 18.2. The normalized spacial score (nSPS) is 16.4. The highest BCUT2D eigenvalue weighted by Crippen LogP contribution is 2.34. The van der Waals surface area contributed by atoms with Crippen LogP contribution in [0.4, 0.5) is 4.39 Å². The largest absolute Gasteiger partial charge is 0.496 e. The number of ether oxygens (including phenoxy) is 1. The van der Waals surface area contributed by atoms with Gasteiger partial charge in [0, 0.05) is 6.54 Å². The van der Waals surface area contributed by atoms with Crippen molar-refractivity contribution in [3.05, 3.63) is 65.8 Å². The summed E-state index contributed by atoms with van der Waals surface area (Å²) in [7, 11) is 1.59. The molecule has 4 rings (SSSR count). The minimum Gasteiger partial charge on any atom is -0.496 e. The van der Waals surface area contributed by atoms with Crippen LogP contribution in [-0.4, -0.2) is 34.6 Å². The predicted octanol–water partition coefficient (Wildman–Crippen LogP) is 3.79. The predicted molar refractivity (Wildman–Crippen MR) is 100 cm³/mol. The molecule has 0 saturated carbocycles. The molecule has 1 fully saturated rings. The third-order valence-electron chi connectivity index (χ3n) is 4.89. The maximum Gasteiger partial charge on any atom is 0.249 e. The van der Waals surface area contributed by atoms with E-state index in [4.69, 9.17) is 9.26 Å². The highest BCUT2D eigenvalue weighted by atomic mass is 19.1. The molecule has 144 valence electrons. The maximum absolute atomic E-state index is 13.4. The Morgan fingerprint density at radius 2 is 2.14 bits per heavy atom. The van der Waals surface area contributed by atoms with Gasteiger partial charge in [-0.25, -0.2) is 4.39 Å². The molecule has 0 spiro atoms. The molecule has 0 radical (unpaired) electrons. The number of halogens is 1. The quantitative estimate of drug-likeness (QED) is 0.673. The van der Waals surface area contributed by atoms with E-state index in [9.17, 15) is 9.18 Å². The topological polar surface area (TPSA) is 68.5 Å². The number of hydrogen-bond acceptors (Lipinski definition) is 5. The Morgan fingerprint density at radius 3 is 2.96 bits per heavy atom. The minimum atomic E-state index is -0.346. The van der Waals surface area contributed by atoms with E-state index in [1.807, 2.05) is 24.3 Å². The SMILES string of the molecule is COc1ccccc1-c1noc([C@@H]2CCCN2C(=O)Cc2cccc(F)c2)n1. The van der Waals surface area contributed by atoms with Crippen molar-refractivity contribution in [1.82, 2.24) is 15.0 Å². The molecule has 1 aliphatic heterocycles. The number of para-hydroxylation sites is 1. The van der Waals surface area contributed by atoms with E-state index in [2.05, 4.69) is 10.1 Å². The molecular formula is C21H20FN3O3. The molecule has 2 heterocycles. The van der Waals surface area contributed by atoms with Gasteiger partial charge >= 0.3 is 0 Å². The Hall–Kier alpha value is -3.22. The van der Waals surface area contributed by atoms with Crippen LogP contribution in [0.3, 0.4) is 0 Å². The summed E-state index contributed by atoms with van der Waals surface area (Å²) in [6.07, 6.45) is 1.75. The summed E-state index contributed by atoms with van der Waals surface area (Å²) in [5.41, 5.74) is 1.38. The molecular weight excluding hydrogens is 361 g/mol. The number of hydrogen-bond donors (Lipinski definition) is 0. The number of carbonyl (C=O) groups is 1. The van der Waals surface area contributed by atoms with Crippen molar-refractivity contribution in [2.45, 2.75) is 25.3 Å². The summed E-state index contributed by atoms with van der Waals surface area (Å²) in [5.74, 6) is 1.06. The van der Waals surface area contributed by atoms with E-state index in [0.29, 0.717) is 29.6 Å². The van der Waals surface area contributed by atoms with E-state index in [1.54, 1.807) is 24.1 Å². The van der Waals surface area contributed by atoms with Gasteiger partial charge in [0.15, 0.2) is 0 Å². The lowest BCUT2D eigenvalue weighted by molar-refractivity contribution is -0.131. The lowest BCUT2D eigenvalue weighted by Gasteiger charge is -2.22. The van der Waals surface area contributed by atoms with Gasteiger partial charge in [0.25, 0.3) is 0 Å². The molecule has 0 unspecified atom stereocenters. The maximum atomic E-state index is 13.4. The second-order valence-electron chi connectivity index (χ2n) is 6.71. The summed E-state index contributed by atoms with van der Waals surface area (Å²) in [5, 5.41) is 4.08. The molecule has 1 saturated heterocycles. The van der Waals surface area contributed by atoms with Crippen molar-refractivity contribution >= 4 is 5.91 Å². The van der Waals surface area contributed by atoms with Crippen LogP contribution >= 0.6 is 0 Å². The Kier molecular flexibility index (Phi) is 5.06. The van der Waals surface area contributed by atoms with E-state index >= 15 is 0 Å². The van der Waals surface area contributed by atoms with Crippen molar-refractivity contribution in [1.29, 1.82) is 0 Å². The van der Waals surface area contributed by atoms with Crippen molar-refractivity contribution in [2.75, 3.05) is 13.7 Å². The molecule has 28 heavy (non-hydrogen) atoms. The Balaban J connectivity index is 1.54. The zero-order valence-corrected chi connectivity index (χ0v) is 15.5. The molecule has 0 N–H and O–H groups in total. The molecule has 1 aliphatic rings. The standard InChI is InChI=1S/C21H20FN3O3/c1-27-18-10-3-2-8-16(18)20-23-21(28-24-20)17-9-5-11-25(17)19(26)13-14-6-4-7-15(22)12-14/h2-4,6-8,10,12,17H,5,9,11,13H2,1H3/t17-/m0/s1. The third kappa shape index (κ3) is 3.60. The van der Waals surface area contributed by atoms with E-state index in [0.717, 1.165) is 18.4 Å². The van der Waals surface area contributed by atoms with E-state index in [-0.39, 0.29) is 24.2 Å². The van der Waals surface area contributed by atoms with Gasteiger partial charge < -0.3 is 14.2 Å². The summed E-state index contributed by atoms with van der Waals surface area (Å²) in [6, 6.07) is 13.3. The number of nitrogens with zero attached hydrogens (tertiary/aromatic N) is 3. The molecule has 0 aliphatic carbocycles. The van der Waals surface area contributed by atoms with Gasteiger partial charge in [0.05, 0.1) is 19.1 Å². The van der Waals surface area contributed by atoms with Crippen molar-refractivity contribution in [2.24, 2.45) is 0 Å². The second-order valence-corrected chi connectivity index (χ2v) is 6.71. The van der Waals surface area contributed by atoms with Crippen LogP contribution in [0.1, 0.15) is 30.3 Å². The third-order valence-corrected chi connectivity index (χ3v) is 4.89. The summed E-state index contributed by atoms with van der Waals surface area (Å²) in [6.45, 7) is 0.616. The average molecular weight is 381 g/mol. The molecule has 7 heteroatoms. The highest BCUT2D eigenvalue weighted by Gasteiger charge is 2.34. The minimum absolute atomic E-state index is 0.0786. The second kappa shape index (κ2) is 7.80. The van der Waals surface area contributed by atoms with Crippen LogP contribution in [0, 0.1) is 5.82 Å². The van der Waals surface area contributed by atoms with Crippen LogP contribution in [0.15, 0.2) is 53.1 Å². The molecule has 6 nitrogen and oxygen atoms in total. The zero-order valence-electron chi connectivity index (χ0n) is 15.5. The first-order chi connectivity index (χ1) is 13.7. The summed E-state index contributed by atoms with van der Waals surface area (Å²) < 4.78 is 24.2. The first-order valence-electron chi connectivity index (χ1n) is 9.16.